The molecule has 35 heavy (non-hydrogen) atoms. The molecule has 0 aliphatic rings. The average Bonchev–Trinajstić information content (AvgIpc) is 3.33. The van der Waals surface area contributed by atoms with E-state index in [1.807, 2.05) is 0 Å². The summed E-state index contributed by atoms with van der Waals surface area (Å²) in [5.74, 6) is -0.448. The van der Waals surface area contributed by atoms with Gasteiger partial charge in [0.1, 0.15) is 11.5 Å². The Kier molecular flexibility index (Phi) is 8.02. The predicted octanol–water partition coefficient (Wildman–Crippen LogP) is 2.46. The summed E-state index contributed by atoms with van der Waals surface area (Å²) in [4.78, 5) is 25.5. The molecule has 0 atom stereocenters. The van der Waals surface area contributed by atoms with Crippen LogP contribution in [-0.4, -0.2) is 45.2 Å². The zero-order chi connectivity index (χ0) is 25.4. The molecule has 3 N–H and O–H groups in total. The van der Waals surface area contributed by atoms with Crippen LogP contribution in [0.15, 0.2) is 81.0 Å². The van der Waals surface area contributed by atoms with Crippen LogP contribution in [-0.2, 0) is 14.9 Å². The van der Waals surface area contributed by atoms with Crippen molar-refractivity contribution in [2.24, 2.45) is 5.10 Å². The number of hydrazone groups is 1. The minimum atomic E-state index is -4.51. The lowest BCUT2D eigenvalue weighted by molar-refractivity contribution is -0.117. The minimum absolute atomic E-state index is 0.0448. The molecule has 0 unspecified atom stereocenters. The summed E-state index contributed by atoms with van der Waals surface area (Å²) in [6, 6.07) is 15.5. The smallest absolute Gasteiger partial charge is 0.328 e. The van der Waals surface area contributed by atoms with Gasteiger partial charge in [-0.2, -0.15) is 13.5 Å². The van der Waals surface area contributed by atoms with Crippen LogP contribution in [0, 0.1) is 0 Å². The van der Waals surface area contributed by atoms with Crippen LogP contribution in [0.25, 0.3) is 6.08 Å². The Bertz CT molecular complexity index is 1380. The predicted molar refractivity (Wildman–Crippen MR) is 126 cm³/mol. The van der Waals surface area contributed by atoms with E-state index in [2.05, 4.69) is 15.8 Å². The summed E-state index contributed by atoms with van der Waals surface area (Å²) in [5, 5.41) is 5.59. The van der Waals surface area contributed by atoms with Crippen LogP contribution in [0.5, 0.6) is 11.5 Å². The van der Waals surface area contributed by atoms with E-state index in [-0.39, 0.29) is 11.5 Å². The van der Waals surface area contributed by atoms with E-state index in [9.17, 15) is 18.0 Å². The van der Waals surface area contributed by atoms with Crippen molar-refractivity contribution in [1.29, 1.82) is 0 Å². The molecule has 0 fully saturated rings. The van der Waals surface area contributed by atoms with Gasteiger partial charge in [-0.25, -0.2) is 5.43 Å². The molecule has 0 bridgehead atoms. The van der Waals surface area contributed by atoms with E-state index >= 15 is 0 Å². The van der Waals surface area contributed by atoms with E-state index in [1.54, 1.807) is 48.5 Å². The monoisotopic (exact) mass is 499 g/mol. The molecule has 0 aliphatic heterocycles. The van der Waals surface area contributed by atoms with E-state index in [1.165, 1.54) is 26.4 Å². The van der Waals surface area contributed by atoms with Gasteiger partial charge in [0.25, 0.3) is 11.8 Å². The summed E-state index contributed by atoms with van der Waals surface area (Å²) < 4.78 is 46.5. The second-order valence-corrected chi connectivity index (χ2v) is 8.18. The Balaban J connectivity index is 1.85. The van der Waals surface area contributed by atoms with Crippen molar-refractivity contribution < 1.29 is 36.5 Å². The van der Waals surface area contributed by atoms with E-state index < -0.39 is 27.0 Å². The molecular weight excluding hydrogens is 478 g/mol. The summed E-state index contributed by atoms with van der Waals surface area (Å²) >= 11 is 0. The number of benzene rings is 2. The van der Waals surface area contributed by atoms with Crippen LogP contribution in [0.1, 0.15) is 21.7 Å². The van der Waals surface area contributed by atoms with E-state index in [0.717, 1.165) is 12.3 Å². The van der Waals surface area contributed by atoms with Crippen molar-refractivity contribution in [2.75, 3.05) is 14.2 Å². The fourth-order valence-electron chi connectivity index (χ4n) is 2.81. The minimum Gasteiger partial charge on any atom is -0.493 e. The Morgan fingerprint density at radius 2 is 1.71 bits per heavy atom. The number of nitrogens with one attached hydrogen (secondary N) is 2. The zero-order valence-electron chi connectivity index (χ0n) is 18.6. The second kappa shape index (κ2) is 11.1. The molecule has 0 radical (unpaired) electrons. The lowest BCUT2D eigenvalue weighted by Gasteiger charge is -2.11. The van der Waals surface area contributed by atoms with Gasteiger partial charge in [0.15, 0.2) is 11.5 Å². The highest BCUT2D eigenvalue weighted by Crippen LogP contribution is 2.28. The molecule has 3 rings (SSSR count). The molecule has 12 heteroatoms. The Labute approximate surface area is 200 Å². The number of amides is 2. The van der Waals surface area contributed by atoms with Crippen LogP contribution in [0.2, 0.25) is 0 Å². The molecule has 0 saturated heterocycles. The van der Waals surface area contributed by atoms with Crippen LogP contribution < -0.4 is 20.2 Å². The third kappa shape index (κ3) is 6.79. The Morgan fingerprint density at radius 1 is 1.00 bits per heavy atom. The van der Waals surface area contributed by atoms with Crippen LogP contribution in [0.3, 0.4) is 0 Å². The van der Waals surface area contributed by atoms with Gasteiger partial charge < -0.3 is 19.2 Å². The number of carbonyl (C=O) groups excluding carboxylic acids is 2. The van der Waals surface area contributed by atoms with Gasteiger partial charge in [-0.15, -0.1) is 0 Å². The first-order valence-corrected chi connectivity index (χ1v) is 11.4. The molecule has 2 aromatic carbocycles. The molecular formula is C23H21N3O8S. The third-order valence-corrected chi connectivity index (χ3v) is 5.19. The summed E-state index contributed by atoms with van der Waals surface area (Å²) in [7, 11) is -1.56. The largest absolute Gasteiger partial charge is 0.493 e. The van der Waals surface area contributed by atoms with Crippen LogP contribution in [0.4, 0.5) is 0 Å². The van der Waals surface area contributed by atoms with Gasteiger partial charge in [-0.05, 0) is 48.0 Å². The van der Waals surface area contributed by atoms with Gasteiger partial charge in [-0.3, -0.25) is 14.1 Å². The lowest BCUT2D eigenvalue weighted by atomic mass is 10.1. The molecule has 2 amide bonds. The molecule has 1 heterocycles. The quantitative estimate of drug-likeness (QED) is 0.175. The number of methoxy groups -OCH3 is 2. The molecule has 3 aromatic rings. The number of hydrogen-bond donors (Lipinski definition) is 3. The number of hydrogen-bond acceptors (Lipinski definition) is 8. The normalized spacial score (nSPS) is 11.8. The van der Waals surface area contributed by atoms with Crippen molar-refractivity contribution in [3.63, 3.8) is 0 Å². The Hall–Kier alpha value is -4.42. The van der Waals surface area contributed by atoms with Crippen molar-refractivity contribution in [1.82, 2.24) is 10.7 Å². The molecule has 11 nitrogen and oxygen atoms in total. The number of carbonyl (C=O) groups is 2. The topological polar surface area (TPSA) is 157 Å². The highest BCUT2D eigenvalue weighted by Gasteiger charge is 2.16. The number of nitrogens with zero attached hydrogens (tertiary/aromatic N) is 1. The van der Waals surface area contributed by atoms with Crippen molar-refractivity contribution in [3.05, 3.63) is 83.2 Å². The van der Waals surface area contributed by atoms with Gasteiger partial charge >= 0.3 is 10.1 Å². The highest BCUT2D eigenvalue weighted by atomic mass is 32.2. The molecule has 0 spiro atoms. The number of rotatable bonds is 9. The molecule has 0 aliphatic carbocycles. The average molecular weight is 500 g/mol. The summed E-state index contributed by atoms with van der Waals surface area (Å²) in [6.45, 7) is 0. The SMILES string of the molecule is COc1ccc(C=C(NC(=O)c2ccccc2)C(=O)NN=Cc2ccc(S(=O)(=O)O)o2)cc1OC. The molecule has 0 saturated carbocycles. The maximum Gasteiger partial charge on any atom is 0.328 e. The van der Waals surface area contributed by atoms with E-state index in [4.69, 9.17) is 18.4 Å². The maximum absolute atomic E-state index is 12.8. The van der Waals surface area contributed by atoms with Gasteiger partial charge in [0.05, 0.1) is 20.4 Å². The van der Waals surface area contributed by atoms with Gasteiger partial charge in [0.2, 0.25) is 5.09 Å². The van der Waals surface area contributed by atoms with E-state index in [0.29, 0.717) is 22.6 Å². The highest BCUT2D eigenvalue weighted by molar-refractivity contribution is 7.85. The molecule has 1 aromatic heterocycles. The fourth-order valence-corrected chi connectivity index (χ4v) is 3.25. The van der Waals surface area contributed by atoms with Crippen molar-refractivity contribution in [3.8, 4) is 11.5 Å². The summed E-state index contributed by atoms with van der Waals surface area (Å²) in [5.41, 5.74) is 2.94. The first-order chi connectivity index (χ1) is 16.7. The van der Waals surface area contributed by atoms with Gasteiger partial charge in [0, 0.05) is 5.56 Å². The van der Waals surface area contributed by atoms with Gasteiger partial charge in [-0.1, -0.05) is 24.3 Å². The molecule has 182 valence electrons. The lowest BCUT2D eigenvalue weighted by Crippen LogP contribution is -2.32. The Morgan fingerprint density at radius 3 is 2.34 bits per heavy atom. The number of ether oxygens (including phenoxy) is 2. The first kappa shape index (κ1) is 25.2. The number of furan rings is 1. The van der Waals surface area contributed by atoms with Crippen molar-refractivity contribution in [2.45, 2.75) is 5.09 Å². The standard InChI is InChI=1S/C23H21N3O8S/c1-32-19-10-8-15(13-20(19)33-2)12-18(25-22(27)16-6-4-3-5-7-16)23(28)26-24-14-17-9-11-21(34-17)35(29,30)31/h3-14H,1-2H3,(H,25,27)(H,26,28)(H,29,30,31). The zero-order valence-corrected chi connectivity index (χ0v) is 19.4. The van der Waals surface area contributed by atoms with Crippen molar-refractivity contribution >= 4 is 34.2 Å². The summed E-state index contributed by atoms with van der Waals surface area (Å²) in [6.07, 6.45) is 2.44. The van der Waals surface area contributed by atoms with Crippen LogP contribution >= 0.6 is 0 Å². The fraction of sp³-hybridized carbons (Fsp3) is 0.0870. The maximum atomic E-state index is 12.8. The third-order valence-electron chi connectivity index (χ3n) is 4.46. The second-order valence-electron chi connectivity index (χ2n) is 6.82. The first-order valence-electron chi connectivity index (χ1n) is 9.92.